The lowest BCUT2D eigenvalue weighted by Gasteiger charge is -2.23. The molecule has 0 bridgehead atoms. The highest BCUT2D eigenvalue weighted by molar-refractivity contribution is 9.09. The Kier molecular flexibility index (Phi) is 2.75. The summed E-state index contributed by atoms with van der Waals surface area (Å²) in [4.78, 5) is 0. The van der Waals surface area contributed by atoms with Gasteiger partial charge in [-0.05, 0) is 6.92 Å². The molecule has 0 unspecified atom stereocenters. The molecule has 2 heteroatoms. The van der Waals surface area contributed by atoms with E-state index < -0.39 is 0 Å². The molecule has 0 aliphatic heterocycles. The first kappa shape index (κ1) is 8.54. The molecule has 10 heavy (non-hydrogen) atoms. The fourth-order valence-electron chi connectivity index (χ4n) is 1.01. The molecule has 0 fully saturated rings. The zero-order chi connectivity index (χ0) is 7.61. The van der Waals surface area contributed by atoms with Gasteiger partial charge in [-0.3, -0.25) is 0 Å². The van der Waals surface area contributed by atoms with Gasteiger partial charge in [-0.15, -0.1) is 0 Å². The summed E-state index contributed by atoms with van der Waals surface area (Å²) < 4.78 is 0. The number of halogens is 2. The summed E-state index contributed by atoms with van der Waals surface area (Å²) in [6, 6.07) is 0. The van der Waals surface area contributed by atoms with Gasteiger partial charge in [0.15, 0.2) is 0 Å². The second-order valence-corrected chi connectivity index (χ2v) is 3.75. The molecule has 0 saturated heterocycles. The summed E-state index contributed by atoms with van der Waals surface area (Å²) in [5.41, 5.74) is 1.68. The van der Waals surface area contributed by atoms with Gasteiger partial charge >= 0.3 is 0 Å². The number of rotatable bonds is 2. The highest BCUT2D eigenvalue weighted by Crippen LogP contribution is 2.36. The van der Waals surface area contributed by atoms with Gasteiger partial charge in [0.1, 0.15) is 0 Å². The van der Waals surface area contributed by atoms with Crippen LogP contribution in [0.15, 0.2) is 23.8 Å². The van der Waals surface area contributed by atoms with Crippen LogP contribution in [-0.4, -0.2) is 10.7 Å². The maximum atomic E-state index is 3.51. The van der Waals surface area contributed by atoms with Crippen LogP contribution in [0.1, 0.15) is 6.92 Å². The quantitative estimate of drug-likeness (QED) is 0.673. The van der Waals surface area contributed by atoms with Crippen molar-refractivity contribution in [2.45, 2.75) is 6.92 Å². The first-order valence-corrected chi connectivity index (χ1v) is 5.48. The van der Waals surface area contributed by atoms with Gasteiger partial charge in [0.05, 0.1) is 0 Å². The predicted octanol–water partition coefficient (Wildman–Crippen LogP) is 3.28. The van der Waals surface area contributed by atoms with Crippen molar-refractivity contribution in [3.05, 3.63) is 23.8 Å². The number of hydrogen-bond acceptors (Lipinski definition) is 0. The molecule has 1 aliphatic rings. The molecule has 0 radical (unpaired) electrons. The molecule has 0 N–H and O–H groups in total. The van der Waals surface area contributed by atoms with Crippen LogP contribution in [0.2, 0.25) is 0 Å². The van der Waals surface area contributed by atoms with Crippen molar-refractivity contribution < 1.29 is 0 Å². The van der Waals surface area contributed by atoms with Gasteiger partial charge in [0.25, 0.3) is 0 Å². The van der Waals surface area contributed by atoms with Crippen molar-refractivity contribution in [2.24, 2.45) is 5.41 Å². The molecule has 56 valence electrons. The molecule has 0 aromatic rings. The second kappa shape index (κ2) is 3.22. The highest BCUT2D eigenvalue weighted by atomic mass is 79.9. The monoisotopic (exact) mass is 264 g/mol. The first-order chi connectivity index (χ1) is 4.75. The predicted molar refractivity (Wildman–Crippen MR) is 52.9 cm³/mol. The zero-order valence-corrected chi connectivity index (χ0v) is 9.07. The summed E-state index contributed by atoms with van der Waals surface area (Å²) in [6.07, 6.45) is 6.53. The Bertz CT molecular complexity index is 176. The lowest BCUT2D eigenvalue weighted by molar-refractivity contribution is 0.626. The molecule has 0 aromatic carbocycles. The van der Waals surface area contributed by atoms with E-state index in [1.807, 2.05) is 0 Å². The van der Waals surface area contributed by atoms with Gasteiger partial charge < -0.3 is 0 Å². The van der Waals surface area contributed by atoms with Crippen LogP contribution >= 0.6 is 31.9 Å². The lowest BCUT2D eigenvalue weighted by Crippen LogP contribution is -2.21. The van der Waals surface area contributed by atoms with Crippen molar-refractivity contribution in [1.29, 1.82) is 0 Å². The average molecular weight is 266 g/mol. The standard InChI is InChI=1S/C8H10Br2/c1-7-3-2-4-8(7,5-9)6-10/h2-4H,5-6H2,1H3. The maximum Gasteiger partial charge on any atom is 0.0288 e. The first-order valence-electron chi connectivity index (χ1n) is 3.24. The van der Waals surface area contributed by atoms with Gasteiger partial charge in [0, 0.05) is 16.1 Å². The third kappa shape index (κ3) is 1.24. The zero-order valence-electron chi connectivity index (χ0n) is 5.90. The maximum absolute atomic E-state index is 3.51. The van der Waals surface area contributed by atoms with Crippen molar-refractivity contribution in [2.75, 3.05) is 10.7 Å². The minimum absolute atomic E-state index is 0.250. The molecule has 1 rings (SSSR count). The molecular formula is C8H10Br2. The molecule has 1 aliphatic carbocycles. The van der Waals surface area contributed by atoms with Crippen LogP contribution in [-0.2, 0) is 0 Å². The fraction of sp³-hybridized carbons (Fsp3) is 0.500. The molecule has 0 heterocycles. The minimum atomic E-state index is 0.250. The van der Waals surface area contributed by atoms with Crippen LogP contribution in [0.3, 0.4) is 0 Å². The van der Waals surface area contributed by atoms with Crippen LogP contribution in [0.4, 0.5) is 0 Å². The molecular weight excluding hydrogens is 256 g/mol. The molecule has 0 nitrogen and oxygen atoms in total. The van der Waals surface area contributed by atoms with Crippen LogP contribution in [0.25, 0.3) is 0 Å². The Morgan fingerprint density at radius 3 is 2.20 bits per heavy atom. The van der Waals surface area contributed by atoms with E-state index in [4.69, 9.17) is 0 Å². The number of hydrogen-bond donors (Lipinski definition) is 0. The van der Waals surface area contributed by atoms with E-state index in [1.165, 1.54) is 5.57 Å². The number of allylic oxidation sites excluding steroid dienone is 4. The summed E-state index contributed by atoms with van der Waals surface area (Å²) in [5, 5.41) is 2.01. The van der Waals surface area contributed by atoms with E-state index in [0.717, 1.165) is 10.7 Å². The van der Waals surface area contributed by atoms with Gasteiger partial charge in [0.2, 0.25) is 0 Å². The van der Waals surface area contributed by atoms with Gasteiger partial charge in [-0.25, -0.2) is 0 Å². The Labute approximate surface area is 78.6 Å². The van der Waals surface area contributed by atoms with Crippen LogP contribution < -0.4 is 0 Å². The largest absolute Gasteiger partial charge is 0.0915 e. The Morgan fingerprint density at radius 1 is 1.40 bits per heavy atom. The average Bonchev–Trinajstić information content (AvgIpc) is 2.32. The van der Waals surface area contributed by atoms with E-state index in [2.05, 4.69) is 57.0 Å². The van der Waals surface area contributed by atoms with Crippen LogP contribution in [0.5, 0.6) is 0 Å². The third-order valence-electron chi connectivity index (χ3n) is 2.02. The van der Waals surface area contributed by atoms with E-state index in [-0.39, 0.29) is 5.41 Å². The minimum Gasteiger partial charge on any atom is -0.0915 e. The second-order valence-electron chi connectivity index (χ2n) is 2.63. The van der Waals surface area contributed by atoms with E-state index >= 15 is 0 Å². The molecule has 0 saturated carbocycles. The molecule has 0 atom stereocenters. The molecule has 0 amide bonds. The number of alkyl halides is 2. The fourth-order valence-corrected chi connectivity index (χ4v) is 3.20. The molecule has 0 spiro atoms. The van der Waals surface area contributed by atoms with E-state index in [1.54, 1.807) is 0 Å². The topological polar surface area (TPSA) is 0 Å². The van der Waals surface area contributed by atoms with Crippen molar-refractivity contribution in [3.8, 4) is 0 Å². The van der Waals surface area contributed by atoms with E-state index in [0.29, 0.717) is 0 Å². The normalized spacial score (nSPS) is 21.3. The van der Waals surface area contributed by atoms with E-state index in [9.17, 15) is 0 Å². The highest BCUT2D eigenvalue weighted by Gasteiger charge is 2.28. The Hall–Kier alpha value is 0.440. The van der Waals surface area contributed by atoms with Crippen LogP contribution in [0, 0.1) is 5.41 Å². The van der Waals surface area contributed by atoms with Crippen molar-refractivity contribution in [1.82, 2.24) is 0 Å². The third-order valence-corrected chi connectivity index (χ3v) is 4.02. The lowest BCUT2D eigenvalue weighted by atomic mass is 9.89. The smallest absolute Gasteiger partial charge is 0.0288 e. The Morgan fingerprint density at radius 2 is 2.00 bits per heavy atom. The Balaban J connectivity index is 2.84. The van der Waals surface area contributed by atoms with Crippen molar-refractivity contribution in [3.63, 3.8) is 0 Å². The molecule has 0 aromatic heterocycles. The van der Waals surface area contributed by atoms with Gasteiger partial charge in [-0.1, -0.05) is 55.7 Å². The summed E-state index contributed by atoms with van der Waals surface area (Å²) in [6.45, 7) is 2.17. The summed E-state index contributed by atoms with van der Waals surface area (Å²) in [5.74, 6) is 0. The SMILES string of the molecule is CC1=CC=CC1(CBr)CBr. The van der Waals surface area contributed by atoms with Crippen molar-refractivity contribution >= 4 is 31.9 Å². The van der Waals surface area contributed by atoms with Gasteiger partial charge in [-0.2, -0.15) is 0 Å². The summed E-state index contributed by atoms with van der Waals surface area (Å²) >= 11 is 7.02. The summed E-state index contributed by atoms with van der Waals surface area (Å²) in [7, 11) is 0.